The predicted octanol–water partition coefficient (Wildman–Crippen LogP) is 9.71. The van der Waals surface area contributed by atoms with E-state index in [4.69, 9.17) is 11.6 Å². The zero-order valence-corrected chi connectivity index (χ0v) is 26.9. The van der Waals surface area contributed by atoms with E-state index in [2.05, 4.69) is 53.2 Å². The minimum Gasteiger partial charge on any atom is -0.477 e. The Kier molecular flexibility index (Phi) is 8.82. The average Bonchev–Trinajstić information content (AvgIpc) is 3.55. The van der Waals surface area contributed by atoms with Gasteiger partial charge in [-0.15, -0.1) is 0 Å². The third-order valence-corrected chi connectivity index (χ3v) is 8.74. The van der Waals surface area contributed by atoms with Gasteiger partial charge < -0.3 is 19.6 Å². The molecule has 46 heavy (non-hydrogen) atoms. The van der Waals surface area contributed by atoms with Crippen molar-refractivity contribution in [1.29, 1.82) is 0 Å². The van der Waals surface area contributed by atoms with Gasteiger partial charge in [-0.05, 0) is 104 Å². The second-order valence-corrected chi connectivity index (χ2v) is 12.2. The van der Waals surface area contributed by atoms with Gasteiger partial charge in [0.1, 0.15) is 0 Å². The Bertz CT molecular complexity index is 2030. The fourth-order valence-electron chi connectivity index (χ4n) is 6.13. The van der Waals surface area contributed by atoms with E-state index in [1.54, 1.807) is 22.8 Å². The lowest BCUT2D eigenvalue weighted by Crippen LogP contribution is -2.16. The molecule has 0 radical (unpaired) electrons. The van der Waals surface area contributed by atoms with E-state index in [-0.39, 0.29) is 23.8 Å². The molecule has 0 aliphatic heterocycles. The molecule has 4 aromatic carbocycles. The van der Waals surface area contributed by atoms with E-state index in [0.29, 0.717) is 21.5 Å². The summed E-state index contributed by atoms with van der Waals surface area (Å²) in [6.45, 7) is 6.52. The SMILES string of the molecule is CCCCc1ccc(-c2ccc3c(NC(=O)c4ccc(-n5c(C)ccc5C)cc4)c(C(=O)O)n(Cc4cccc(Cl)c4)c3c2)cc1. The summed E-state index contributed by atoms with van der Waals surface area (Å²) >= 11 is 6.30. The molecule has 0 saturated carbocycles. The second-order valence-electron chi connectivity index (χ2n) is 11.7. The number of carbonyl (C=O) groups is 2. The molecule has 2 heterocycles. The average molecular weight is 630 g/mol. The van der Waals surface area contributed by atoms with E-state index in [1.165, 1.54) is 5.56 Å². The Balaban J connectivity index is 1.41. The number of carboxylic acids is 1. The summed E-state index contributed by atoms with van der Waals surface area (Å²) in [5.74, 6) is -1.52. The molecule has 0 fully saturated rings. The summed E-state index contributed by atoms with van der Waals surface area (Å²) < 4.78 is 3.86. The van der Waals surface area contributed by atoms with Gasteiger partial charge in [-0.1, -0.05) is 73.5 Å². The summed E-state index contributed by atoms with van der Waals surface area (Å²) in [5, 5.41) is 14.7. The number of unbranched alkanes of at least 4 members (excludes halogenated alkanes) is 1. The van der Waals surface area contributed by atoms with Crippen LogP contribution in [0.1, 0.15) is 63.1 Å². The van der Waals surface area contributed by atoms with E-state index >= 15 is 0 Å². The van der Waals surface area contributed by atoms with Crippen LogP contribution in [-0.4, -0.2) is 26.1 Å². The highest BCUT2D eigenvalue weighted by Gasteiger charge is 2.25. The Morgan fingerprint density at radius 1 is 0.804 bits per heavy atom. The number of amides is 1. The highest BCUT2D eigenvalue weighted by Crippen LogP contribution is 2.36. The molecule has 7 heteroatoms. The van der Waals surface area contributed by atoms with Crippen molar-refractivity contribution in [3.8, 4) is 16.8 Å². The first-order chi connectivity index (χ1) is 22.2. The molecule has 232 valence electrons. The van der Waals surface area contributed by atoms with Crippen LogP contribution in [0.4, 0.5) is 5.69 Å². The number of fused-ring (bicyclic) bond motifs is 1. The summed E-state index contributed by atoms with van der Waals surface area (Å²) in [6, 6.07) is 33.2. The minimum atomic E-state index is -1.13. The Hall–Kier alpha value is -5.07. The van der Waals surface area contributed by atoms with Crippen LogP contribution in [0.3, 0.4) is 0 Å². The molecule has 0 aliphatic carbocycles. The van der Waals surface area contributed by atoms with Gasteiger partial charge in [-0.2, -0.15) is 0 Å². The minimum absolute atomic E-state index is 0.00519. The third-order valence-electron chi connectivity index (χ3n) is 8.50. The lowest BCUT2D eigenvalue weighted by atomic mass is 10.0. The van der Waals surface area contributed by atoms with Crippen molar-refractivity contribution in [1.82, 2.24) is 9.13 Å². The Labute approximate surface area is 273 Å². The highest BCUT2D eigenvalue weighted by molar-refractivity contribution is 6.30. The number of anilines is 1. The number of nitrogens with one attached hydrogen (secondary N) is 1. The van der Waals surface area contributed by atoms with Crippen LogP contribution in [0.2, 0.25) is 5.02 Å². The number of carbonyl (C=O) groups excluding carboxylic acids is 1. The molecule has 2 aromatic heterocycles. The number of benzene rings is 4. The Morgan fingerprint density at radius 2 is 1.50 bits per heavy atom. The zero-order chi connectivity index (χ0) is 32.4. The van der Waals surface area contributed by atoms with Gasteiger partial charge in [0.2, 0.25) is 0 Å². The van der Waals surface area contributed by atoms with Crippen molar-refractivity contribution in [2.24, 2.45) is 0 Å². The molecular weight excluding hydrogens is 594 g/mol. The van der Waals surface area contributed by atoms with E-state index in [1.807, 2.05) is 62.4 Å². The number of halogens is 1. The maximum absolute atomic E-state index is 13.6. The molecule has 0 unspecified atom stereocenters. The van der Waals surface area contributed by atoms with Gasteiger partial charge in [0.25, 0.3) is 5.91 Å². The van der Waals surface area contributed by atoms with Gasteiger partial charge in [0, 0.05) is 39.6 Å². The molecule has 0 atom stereocenters. The quantitative estimate of drug-likeness (QED) is 0.158. The molecule has 0 spiro atoms. The number of aromatic nitrogens is 2. The van der Waals surface area contributed by atoms with E-state index in [9.17, 15) is 14.7 Å². The maximum Gasteiger partial charge on any atom is 0.354 e. The second kappa shape index (κ2) is 13.1. The largest absolute Gasteiger partial charge is 0.477 e. The first-order valence-electron chi connectivity index (χ1n) is 15.5. The maximum atomic E-state index is 13.6. The van der Waals surface area contributed by atoms with Crippen molar-refractivity contribution in [2.45, 2.75) is 46.6 Å². The number of rotatable bonds is 10. The highest BCUT2D eigenvalue weighted by atomic mass is 35.5. The molecule has 0 aliphatic rings. The van der Waals surface area contributed by atoms with Gasteiger partial charge >= 0.3 is 5.97 Å². The summed E-state index contributed by atoms with van der Waals surface area (Å²) in [5.41, 5.74) is 8.68. The van der Waals surface area contributed by atoms with Gasteiger partial charge in [-0.3, -0.25) is 4.79 Å². The number of aromatic carboxylic acids is 1. The molecule has 0 saturated heterocycles. The fraction of sp³-hybridized carbons (Fsp3) is 0.179. The molecule has 6 aromatic rings. The van der Waals surface area contributed by atoms with Crippen LogP contribution in [0, 0.1) is 13.8 Å². The van der Waals surface area contributed by atoms with Crippen LogP contribution >= 0.6 is 11.6 Å². The lowest BCUT2D eigenvalue weighted by molar-refractivity contribution is 0.0687. The van der Waals surface area contributed by atoms with Crippen molar-refractivity contribution in [3.05, 3.63) is 142 Å². The standard InChI is InChI=1S/C39H36ClN3O3/c1-4-5-7-27-12-14-29(15-13-27)31-18-21-34-35(23-31)42(24-28-8-6-9-32(40)22-28)37(39(45)46)36(34)41-38(44)30-16-19-33(20-17-30)43-25(2)10-11-26(43)3/h6,8-23H,4-5,7,24H2,1-3H3,(H,41,44)(H,45,46). The number of carboxylic acid groups (broad SMARTS) is 1. The molecule has 0 bridgehead atoms. The third kappa shape index (κ3) is 6.22. The monoisotopic (exact) mass is 629 g/mol. The van der Waals surface area contributed by atoms with Gasteiger partial charge in [0.15, 0.2) is 5.69 Å². The van der Waals surface area contributed by atoms with E-state index in [0.717, 1.165) is 53.0 Å². The zero-order valence-electron chi connectivity index (χ0n) is 26.2. The normalized spacial score (nSPS) is 11.2. The molecule has 2 N–H and O–H groups in total. The first-order valence-corrected chi connectivity index (χ1v) is 15.9. The van der Waals surface area contributed by atoms with Crippen LogP contribution < -0.4 is 5.32 Å². The van der Waals surface area contributed by atoms with Crippen molar-refractivity contribution in [3.63, 3.8) is 0 Å². The number of aryl methyl sites for hydroxylation is 3. The van der Waals surface area contributed by atoms with Crippen LogP contribution in [0.25, 0.3) is 27.7 Å². The van der Waals surface area contributed by atoms with Crippen molar-refractivity contribution < 1.29 is 14.7 Å². The number of hydrogen-bond donors (Lipinski definition) is 2. The first kappa shape index (κ1) is 30.9. The van der Waals surface area contributed by atoms with Crippen molar-refractivity contribution >= 4 is 40.1 Å². The van der Waals surface area contributed by atoms with Gasteiger partial charge in [-0.25, -0.2) is 4.79 Å². The van der Waals surface area contributed by atoms with E-state index < -0.39 is 5.97 Å². The number of nitrogens with zero attached hydrogens (tertiary/aromatic N) is 2. The topological polar surface area (TPSA) is 76.3 Å². The Morgan fingerprint density at radius 3 is 2.15 bits per heavy atom. The molecular formula is C39H36ClN3O3. The van der Waals surface area contributed by atoms with Gasteiger partial charge in [0.05, 0.1) is 11.2 Å². The molecule has 1 amide bonds. The van der Waals surface area contributed by atoms with Crippen LogP contribution in [0.5, 0.6) is 0 Å². The lowest BCUT2D eigenvalue weighted by Gasteiger charge is -2.12. The predicted molar refractivity (Wildman–Crippen MR) is 187 cm³/mol. The summed E-state index contributed by atoms with van der Waals surface area (Å²) in [6.07, 6.45) is 3.33. The smallest absolute Gasteiger partial charge is 0.354 e. The fourth-order valence-corrected chi connectivity index (χ4v) is 6.34. The summed E-state index contributed by atoms with van der Waals surface area (Å²) in [7, 11) is 0. The summed E-state index contributed by atoms with van der Waals surface area (Å²) in [4.78, 5) is 26.5. The molecule has 6 rings (SSSR count). The molecule has 6 nitrogen and oxygen atoms in total. The van der Waals surface area contributed by atoms with Crippen LogP contribution in [-0.2, 0) is 13.0 Å². The van der Waals surface area contributed by atoms with Crippen molar-refractivity contribution in [2.75, 3.05) is 5.32 Å². The van der Waals surface area contributed by atoms with Crippen LogP contribution in [0.15, 0.2) is 103 Å². The number of hydrogen-bond acceptors (Lipinski definition) is 2.